The number of benzene rings is 1. The molecule has 11 heteroatoms. The molecule has 0 fully saturated rings. The van der Waals surface area contributed by atoms with Gasteiger partial charge in [-0.25, -0.2) is 0 Å². The lowest BCUT2D eigenvalue weighted by atomic mass is 10.2. The van der Waals surface area contributed by atoms with Gasteiger partial charge in [-0.1, -0.05) is 0 Å². The van der Waals surface area contributed by atoms with E-state index in [1.165, 1.54) is 0 Å². The molecule has 11 nitrogen and oxygen atoms in total. The quantitative estimate of drug-likeness (QED) is 0.348. The molecule has 3 aromatic rings. The lowest BCUT2D eigenvalue weighted by molar-refractivity contribution is -0.144. The fourth-order valence-electron chi connectivity index (χ4n) is 2.89. The van der Waals surface area contributed by atoms with E-state index in [2.05, 4.69) is 20.6 Å². The van der Waals surface area contributed by atoms with Gasteiger partial charge in [-0.2, -0.15) is 4.52 Å². The minimum atomic E-state index is -0.395. The van der Waals surface area contributed by atoms with E-state index in [0.29, 0.717) is 41.0 Å². The topological polar surface area (TPSA) is 126 Å². The van der Waals surface area contributed by atoms with Crippen molar-refractivity contribution in [2.75, 3.05) is 34.0 Å². The lowest BCUT2D eigenvalue weighted by Crippen LogP contribution is -2.28. The highest BCUT2D eigenvalue weighted by Crippen LogP contribution is 2.32. The highest BCUT2D eigenvalue weighted by molar-refractivity contribution is 5.81. The van der Waals surface area contributed by atoms with Crippen molar-refractivity contribution < 1.29 is 28.5 Å². The summed E-state index contributed by atoms with van der Waals surface area (Å²) in [6, 6.07) is 8.74. The minimum Gasteiger partial charge on any atom is -0.497 e. The maximum Gasteiger partial charge on any atom is 0.306 e. The summed E-state index contributed by atoms with van der Waals surface area (Å²) in [5.74, 6) is 1.39. The number of carbonyl (C=O) groups excluding carboxylic acids is 2. The van der Waals surface area contributed by atoms with Gasteiger partial charge in [0.1, 0.15) is 18.1 Å². The average molecular weight is 443 g/mol. The largest absolute Gasteiger partial charge is 0.497 e. The van der Waals surface area contributed by atoms with Crippen LogP contribution >= 0.6 is 0 Å². The number of nitrogens with zero attached hydrogens (tertiary/aromatic N) is 4. The van der Waals surface area contributed by atoms with E-state index < -0.39 is 5.97 Å². The molecule has 0 aliphatic heterocycles. The Balaban J connectivity index is 1.63. The maximum absolute atomic E-state index is 11.8. The van der Waals surface area contributed by atoms with E-state index in [9.17, 15) is 9.59 Å². The van der Waals surface area contributed by atoms with Crippen LogP contribution in [0.1, 0.15) is 19.8 Å². The number of amides is 1. The first kappa shape index (κ1) is 22.8. The molecule has 0 spiro atoms. The van der Waals surface area contributed by atoms with Gasteiger partial charge in [0, 0.05) is 12.5 Å². The number of fused-ring (bicyclic) bond motifs is 1. The van der Waals surface area contributed by atoms with Crippen LogP contribution < -0.4 is 19.5 Å². The highest BCUT2D eigenvalue weighted by atomic mass is 16.5. The predicted molar refractivity (Wildman–Crippen MR) is 114 cm³/mol. The van der Waals surface area contributed by atoms with Crippen LogP contribution in [0.25, 0.3) is 17.0 Å². The molecule has 1 aromatic carbocycles. The van der Waals surface area contributed by atoms with Gasteiger partial charge in [-0.3, -0.25) is 9.59 Å². The van der Waals surface area contributed by atoms with E-state index in [4.69, 9.17) is 18.9 Å². The zero-order valence-corrected chi connectivity index (χ0v) is 18.2. The van der Waals surface area contributed by atoms with Crippen LogP contribution in [0.4, 0.5) is 0 Å². The molecule has 0 atom stereocenters. The van der Waals surface area contributed by atoms with Gasteiger partial charge in [-0.05, 0) is 31.2 Å². The Hall–Kier alpha value is -3.89. The first-order chi connectivity index (χ1) is 15.5. The molecule has 0 saturated heterocycles. The Morgan fingerprint density at radius 3 is 2.66 bits per heavy atom. The van der Waals surface area contributed by atoms with Crippen molar-refractivity contribution in [1.29, 1.82) is 0 Å². The van der Waals surface area contributed by atoms with Gasteiger partial charge in [0.2, 0.25) is 11.8 Å². The summed E-state index contributed by atoms with van der Waals surface area (Å²) < 4.78 is 22.7. The molecule has 1 amide bonds. The molecule has 0 aliphatic carbocycles. The summed E-state index contributed by atoms with van der Waals surface area (Å²) in [5, 5.41) is 15.5. The van der Waals surface area contributed by atoms with E-state index in [1.807, 2.05) is 0 Å². The van der Waals surface area contributed by atoms with Crippen molar-refractivity contribution in [3.05, 3.63) is 30.3 Å². The predicted octanol–water partition coefficient (Wildman–Crippen LogP) is 1.65. The molecule has 0 unspecified atom stereocenters. The van der Waals surface area contributed by atoms with Crippen LogP contribution in [0, 0.1) is 0 Å². The second-order valence-electron chi connectivity index (χ2n) is 6.53. The lowest BCUT2D eigenvalue weighted by Gasteiger charge is -2.10. The van der Waals surface area contributed by atoms with E-state index >= 15 is 0 Å². The number of rotatable bonds is 11. The number of aromatic nitrogens is 4. The fourth-order valence-corrected chi connectivity index (χ4v) is 2.89. The molecule has 170 valence electrons. The van der Waals surface area contributed by atoms with Gasteiger partial charge < -0.3 is 24.3 Å². The Morgan fingerprint density at radius 1 is 1.06 bits per heavy atom. The summed E-state index contributed by atoms with van der Waals surface area (Å²) in [7, 11) is 3.14. The van der Waals surface area contributed by atoms with E-state index in [0.717, 1.165) is 0 Å². The molecule has 0 aliphatic rings. The number of hydrogen-bond acceptors (Lipinski definition) is 9. The number of hydrogen-bond donors (Lipinski definition) is 1. The standard InChI is InChI=1S/C21H25N5O6/c1-4-31-20(28)10-8-18(27)22-11-12-32-19-9-7-17-23-24-21(26(17)25-19)15-13-14(29-2)5-6-16(15)30-3/h5-7,9,13H,4,8,10-12H2,1-3H3,(H,22,27). The number of esters is 1. The van der Waals surface area contributed by atoms with Gasteiger partial charge in [0.05, 0.1) is 39.4 Å². The van der Waals surface area contributed by atoms with Crippen molar-refractivity contribution in [2.24, 2.45) is 0 Å². The normalized spacial score (nSPS) is 10.6. The van der Waals surface area contributed by atoms with Gasteiger partial charge in [0.25, 0.3) is 0 Å². The van der Waals surface area contributed by atoms with Crippen molar-refractivity contribution in [1.82, 2.24) is 25.1 Å². The second-order valence-corrected chi connectivity index (χ2v) is 6.53. The smallest absolute Gasteiger partial charge is 0.306 e. The Kier molecular flexibility index (Phi) is 7.79. The van der Waals surface area contributed by atoms with Crippen LogP contribution in [0.2, 0.25) is 0 Å². The van der Waals surface area contributed by atoms with Gasteiger partial charge in [-0.15, -0.1) is 15.3 Å². The van der Waals surface area contributed by atoms with Gasteiger partial charge >= 0.3 is 5.97 Å². The van der Waals surface area contributed by atoms with Crippen molar-refractivity contribution in [3.63, 3.8) is 0 Å². The molecule has 2 heterocycles. The van der Waals surface area contributed by atoms with Crippen LogP contribution in [-0.2, 0) is 14.3 Å². The molecule has 32 heavy (non-hydrogen) atoms. The average Bonchev–Trinajstić information content (AvgIpc) is 3.23. The third kappa shape index (κ3) is 5.62. The van der Waals surface area contributed by atoms with E-state index in [1.54, 1.807) is 56.0 Å². The van der Waals surface area contributed by atoms with E-state index in [-0.39, 0.29) is 31.9 Å². The summed E-state index contributed by atoms with van der Waals surface area (Å²) >= 11 is 0. The monoisotopic (exact) mass is 443 g/mol. The fraction of sp³-hybridized carbons (Fsp3) is 0.381. The molecule has 2 aromatic heterocycles. The molecule has 1 N–H and O–H groups in total. The number of ether oxygens (including phenoxy) is 4. The summed E-state index contributed by atoms with van der Waals surface area (Å²) in [4.78, 5) is 23.1. The summed E-state index contributed by atoms with van der Waals surface area (Å²) in [6.45, 7) is 2.48. The first-order valence-corrected chi connectivity index (χ1v) is 10.1. The Labute approximate surface area is 184 Å². The first-order valence-electron chi connectivity index (χ1n) is 10.1. The highest BCUT2D eigenvalue weighted by Gasteiger charge is 2.16. The number of methoxy groups -OCH3 is 2. The molecule has 0 saturated carbocycles. The number of carbonyl (C=O) groups is 2. The van der Waals surface area contributed by atoms with Crippen LogP contribution in [0.5, 0.6) is 17.4 Å². The SMILES string of the molecule is CCOC(=O)CCC(=O)NCCOc1ccc2nnc(-c3cc(OC)ccc3OC)n2n1. The zero-order chi connectivity index (χ0) is 22.9. The second kappa shape index (κ2) is 10.9. The summed E-state index contributed by atoms with van der Waals surface area (Å²) in [5.41, 5.74) is 1.20. The van der Waals surface area contributed by atoms with Crippen LogP contribution in [0.15, 0.2) is 30.3 Å². The maximum atomic E-state index is 11.8. The summed E-state index contributed by atoms with van der Waals surface area (Å²) in [6.07, 6.45) is 0.109. The zero-order valence-electron chi connectivity index (χ0n) is 18.2. The van der Waals surface area contributed by atoms with Crippen LogP contribution in [-0.4, -0.2) is 65.7 Å². The third-order valence-corrected chi connectivity index (χ3v) is 4.42. The molecule has 0 bridgehead atoms. The number of nitrogens with one attached hydrogen (secondary N) is 1. The third-order valence-electron chi connectivity index (χ3n) is 4.42. The van der Waals surface area contributed by atoms with Gasteiger partial charge in [0.15, 0.2) is 11.5 Å². The molecule has 0 radical (unpaired) electrons. The minimum absolute atomic E-state index is 0.0445. The van der Waals surface area contributed by atoms with Crippen molar-refractivity contribution >= 4 is 17.5 Å². The Bertz CT molecular complexity index is 1080. The molecular weight excluding hydrogens is 418 g/mol. The van der Waals surface area contributed by atoms with Crippen LogP contribution in [0.3, 0.4) is 0 Å². The molecule has 3 rings (SSSR count). The van der Waals surface area contributed by atoms with Crippen molar-refractivity contribution in [3.8, 4) is 28.8 Å². The van der Waals surface area contributed by atoms with Crippen molar-refractivity contribution in [2.45, 2.75) is 19.8 Å². The Morgan fingerprint density at radius 2 is 1.91 bits per heavy atom. The molecular formula is C21H25N5O6.